The van der Waals surface area contributed by atoms with Gasteiger partial charge in [0.05, 0.1) is 5.56 Å². The molecule has 0 saturated carbocycles. The highest BCUT2D eigenvalue weighted by molar-refractivity contribution is 6.68. The van der Waals surface area contributed by atoms with Gasteiger partial charge in [-0.05, 0) is 35.7 Å². The summed E-state index contributed by atoms with van der Waals surface area (Å²) in [6.07, 6.45) is -4.25. The lowest BCUT2D eigenvalue weighted by molar-refractivity contribution is -0.274. The second-order valence-electron chi connectivity index (χ2n) is 3.01. The van der Waals surface area contributed by atoms with Gasteiger partial charge in [-0.3, -0.25) is 4.79 Å². The molecule has 88 valence electrons. The number of rotatable bonds is 3. The Balaban J connectivity index is 3.13. The van der Waals surface area contributed by atoms with Crippen LogP contribution in [0.3, 0.4) is 0 Å². The Morgan fingerprint density at radius 1 is 1.44 bits per heavy atom. The Bertz CT molecular complexity index is 402. The Labute approximate surface area is 95.0 Å². The van der Waals surface area contributed by atoms with Gasteiger partial charge in [0.25, 0.3) is 5.24 Å². The van der Waals surface area contributed by atoms with Gasteiger partial charge in [0.2, 0.25) is 0 Å². The molecule has 6 heteroatoms. The first-order chi connectivity index (χ1) is 7.33. The van der Waals surface area contributed by atoms with Crippen LogP contribution in [0.1, 0.15) is 22.8 Å². The third-order valence-electron chi connectivity index (χ3n) is 1.89. The van der Waals surface area contributed by atoms with E-state index in [-0.39, 0.29) is 5.56 Å². The van der Waals surface area contributed by atoms with E-state index in [9.17, 15) is 18.0 Å². The fourth-order valence-corrected chi connectivity index (χ4v) is 1.31. The molecule has 0 heterocycles. The highest BCUT2D eigenvalue weighted by Crippen LogP contribution is 2.28. The summed E-state index contributed by atoms with van der Waals surface area (Å²) in [7, 11) is 0. The molecule has 0 aliphatic carbocycles. The maximum absolute atomic E-state index is 12.0. The van der Waals surface area contributed by atoms with Crippen LogP contribution in [0.4, 0.5) is 13.2 Å². The molecule has 0 fully saturated rings. The Morgan fingerprint density at radius 3 is 2.50 bits per heavy atom. The fraction of sp³-hybridized carbons (Fsp3) is 0.300. The molecule has 0 atom stereocenters. The van der Waals surface area contributed by atoms with Gasteiger partial charge in [-0.15, -0.1) is 13.2 Å². The number of hydrogen-bond acceptors (Lipinski definition) is 2. The summed E-state index contributed by atoms with van der Waals surface area (Å²) < 4.78 is 39.7. The van der Waals surface area contributed by atoms with Crippen molar-refractivity contribution in [3.8, 4) is 5.75 Å². The molecule has 16 heavy (non-hydrogen) atoms. The van der Waals surface area contributed by atoms with Crippen molar-refractivity contribution in [2.45, 2.75) is 19.7 Å². The van der Waals surface area contributed by atoms with E-state index in [0.29, 0.717) is 12.0 Å². The van der Waals surface area contributed by atoms with Crippen LogP contribution in [-0.2, 0) is 6.42 Å². The molecule has 0 saturated heterocycles. The Hall–Kier alpha value is -1.23. The number of benzene rings is 1. The summed E-state index contributed by atoms with van der Waals surface area (Å²) in [5, 5.41) is -0.977. The van der Waals surface area contributed by atoms with Crippen molar-refractivity contribution < 1.29 is 22.7 Å². The van der Waals surface area contributed by atoms with Crippen LogP contribution in [0.2, 0.25) is 0 Å². The van der Waals surface area contributed by atoms with Crippen molar-refractivity contribution >= 4 is 16.8 Å². The second-order valence-corrected chi connectivity index (χ2v) is 3.35. The number of carbonyl (C=O) groups is 1. The van der Waals surface area contributed by atoms with Crippen LogP contribution in [-0.4, -0.2) is 11.6 Å². The molecule has 0 amide bonds. The van der Waals surface area contributed by atoms with E-state index in [1.54, 1.807) is 0 Å². The van der Waals surface area contributed by atoms with E-state index in [1.165, 1.54) is 12.1 Å². The molecule has 0 unspecified atom stereocenters. The molecule has 1 aromatic carbocycles. The predicted molar refractivity (Wildman–Crippen MR) is 52.7 cm³/mol. The standard InChI is InChI=1S/C10H8ClF3O2/c1-2-6-3-4-8(16-10(12,13)14)7(5-6)9(11)15/h3-5H,2H2,1H3. The van der Waals surface area contributed by atoms with Gasteiger partial charge in [0.1, 0.15) is 5.75 Å². The van der Waals surface area contributed by atoms with Crippen molar-refractivity contribution in [2.24, 2.45) is 0 Å². The summed E-state index contributed by atoms with van der Waals surface area (Å²) in [5.41, 5.74) is 0.428. The minimum absolute atomic E-state index is 0.279. The van der Waals surface area contributed by atoms with Crippen LogP contribution in [0.5, 0.6) is 5.75 Å². The molecule has 0 spiro atoms. The molecular weight excluding hydrogens is 245 g/mol. The maximum atomic E-state index is 12.0. The van der Waals surface area contributed by atoms with Crippen molar-refractivity contribution in [3.05, 3.63) is 29.3 Å². The summed E-state index contributed by atoms with van der Waals surface area (Å²) >= 11 is 5.18. The molecule has 0 radical (unpaired) electrons. The minimum Gasteiger partial charge on any atom is -0.405 e. The largest absolute Gasteiger partial charge is 0.573 e. The molecule has 0 bridgehead atoms. The van der Waals surface area contributed by atoms with Gasteiger partial charge < -0.3 is 4.74 Å². The van der Waals surface area contributed by atoms with Gasteiger partial charge in [-0.1, -0.05) is 13.0 Å². The van der Waals surface area contributed by atoms with Crippen LogP contribution < -0.4 is 4.74 Å². The van der Waals surface area contributed by atoms with Crippen molar-refractivity contribution in [2.75, 3.05) is 0 Å². The lowest BCUT2D eigenvalue weighted by atomic mass is 10.1. The zero-order valence-corrected chi connectivity index (χ0v) is 9.02. The third-order valence-corrected chi connectivity index (χ3v) is 2.09. The molecule has 0 aliphatic rings. The van der Waals surface area contributed by atoms with E-state index in [0.717, 1.165) is 6.07 Å². The Kier molecular flexibility index (Phi) is 3.80. The van der Waals surface area contributed by atoms with E-state index < -0.39 is 17.4 Å². The first kappa shape index (κ1) is 12.8. The molecule has 0 N–H and O–H groups in total. The first-order valence-corrected chi connectivity index (χ1v) is 4.79. The summed E-state index contributed by atoms with van der Waals surface area (Å²) in [4.78, 5) is 10.9. The molecule has 0 aromatic heterocycles. The van der Waals surface area contributed by atoms with Gasteiger partial charge >= 0.3 is 6.36 Å². The number of aryl methyl sites for hydroxylation is 1. The molecular formula is C10H8ClF3O2. The van der Waals surface area contributed by atoms with Crippen molar-refractivity contribution in [1.29, 1.82) is 0 Å². The van der Waals surface area contributed by atoms with E-state index >= 15 is 0 Å². The van der Waals surface area contributed by atoms with Crippen LogP contribution in [0.15, 0.2) is 18.2 Å². The van der Waals surface area contributed by atoms with Crippen molar-refractivity contribution in [3.63, 3.8) is 0 Å². The van der Waals surface area contributed by atoms with Gasteiger partial charge in [-0.25, -0.2) is 0 Å². The topological polar surface area (TPSA) is 26.3 Å². The average Bonchev–Trinajstić information content (AvgIpc) is 2.15. The van der Waals surface area contributed by atoms with E-state index in [4.69, 9.17) is 11.6 Å². The summed E-state index contributed by atoms with van der Waals surface area (Å²) in [6.45, 7) is 1.81. The average molecular weight is 253 g/mol. The number of carbonyl (C=O) groups excluding carboxylic acids is 1. The third kappa shape index (κ3) is 3.41. The number of halogens is 4. The molecule has 2 nitrogen and oxygen atoms in total. The van der Waals surface area contributed by atoms with E-state index in [1.807, 2.05) is 6.92 Å². The Morgan fingerprint density at radius 2 is 2.06 bits per heavy atom. The lowest BCUT2D eigenvalue weighted by Crippen LogP contribution is -2.18. The number of alkyl halides is 3. The monoisotopic (exact) mass is 252 g/mol. The number of hydrogen-bond donors (Lipinski definition) is 0. The van der Waals surface area contributed by atoms with Crippen LogP contribution in [0.25, 0.3) is 0 Å². The second kappa shape index (κ2) is 4.74. The highest BCUT2D eigenvalue weighted by atomic mass is 35.5. The molecule has 1 rings (SSSR count). The minimum atomic E-state index is -4.84. The first-order valence-electron chi connectivity index (χ1n) is 4.42. The normalized spacial score (nSPS) is 11.3. The zero-order valence-electron chi connectivity index (χ0n) is 8.27. The quantitative estimate of drug-likeness (QED) is 0.770. The predicted octanol–water partition coefficient (Wildman–Crippen LogP) is 3.53. The van der Waals surface area contributed by atoms with Crippen LogP contribution in [0, 0.1) is 0 Å². The van der Waals surface area contributed by atoms with Gasteiger partial charge in [0.15, 0.2) is 0 Å². The SMILES string of the molecule is CCc1ccc(OC(F)(F)F)c(C(=O)Cl)c1. The van der Waals surface area contributed by atoms with Crippen molar-refractivity contribution in [1.82, 2.24) is 0 Å². The smallest absolute Gasteiger partial charge is 0.405 e. The zero-order chi connectivity index (χ0) is 12.3. The van der Waals surface area contributed by atoms with Gasteiger partial charge in [0, 0.05) is 0 Å². The van der Waals surface area contributed by atoms with E-state index in [2.05, 4.69) is 4.74 Å². The molecule has 0 aliphatic heterocycles. The highest BCUT2D eigenvalue weighted by Gasteiger charge is 2.32. The maximum Gasteiger partial charge on any atom is 0.573 e. The summed E-state index contributed by atoms with van der Waals surface area (Å²) in [5.74, 6) is -0.579. The van der Waals surface area contributed by atoms with Crippen LogP contribution >= 0.6 is 11.6 Å². The lowest BCUT2D eigenvalue weighted by Gasteiger charge is -2.12. The van der Waals surface area contributed by atoms with Gasteiger partial charge in [-0.2, -0.15) is 0 Å². The summed E-state index contributed by atoms with van der Waals surface area (Å²) in [6, 6.07) is 3.82. The fourth-order valence-electron chi connectivity index (χ4n) is 1.16. The molecule has 1 aromatic rings. The number of ether oxygens (including phenoxy) is 1.